The van der Waals surface area contributed by atoms with Gasteiger partial charge in [-0.3, -0.25) is 0 Å². The first-order valence-electron chi connectivity index (χ1n) is 13.4. The molecule has 7 nitrogen and oxygen atoms in total. The zero-order chi connectivity index (χ0) is 25.6. The summed E-state index contributed by atoms with van der Waals surface area (Å²) in [6.07, 6.45) is 9.77. The Labute approximate surface area is 223 Å². The van der Waals surface area contributed by atoms with Crippen molar-refractivity contribution in [1.29, 1.82) is 0 Å². The van der Waals surface area contributed by atoms with E-state index in [4.69, 9.17) is 19.2 Å². The molecule has 4 aliphatic rings. The molecule has 0 spiro atoms. The monoisotopic (exact) mass is 544 g/mol. The average Bonchev–Trinajstić information content (AvgIpc) is 3.29. The predicted octanol–water partition coefficient (Wildman–Crippen LogP) is 5.42. The molecule has 0 bridgehead atoms. The summed E-state index contributed by atoms with van der Waals surface area (Å²) in [5, 5.41) is 4.65. The number of ether oxygens (including phenoxy) is 3. The third kappa shape index (κ3) is 5.52. The van der Waals surface area contributed by atoms with Gasteiger partial charge in [-0.25, -0.2) is 13.4 Å². The largest absolute Gasteiger partial charge is 0.381 e. The van der Waals surface area contributed by atoms with Crippen LogP contribution in [0.15, 0.2) is 47.1 Å². The van der Waals surface area contributed by atoms with Gasteiger partial charge in [0.2, 0.25) is 0 Å². The van der Waals surface area contributed by atoms with Crippen LogP contribution in [0, 0.1) is 5.92 Å². The van der Waals surface area contributed by atoms with Crippen LogP contribution in [0.1, 0.15) is 85.9 Å². The van der Waals surface area contributed by atoms with Gasteiger partial charge in [0.15, 0.2) is 15.6 Å². The van der Waals surface area contributed by atoms with E-state index < -0.39 is 15.6 Å². The van der Waals surface area contributed by atoms with Crippen molar-refractivity contribution in [1.82, 2.24) is 10.3 Å². The van der Waals surface area contributed by atoms with Crippen molar-refractivity contribution < 1.29 is 22.6 Å². The Morgan fingerprint density at radius 1 is 1.14 bits per heavy atom. The molecule has 3 fully saturated rings. The molecule has 1 aromatic heterocycles. The van der Waals surface area contributed by atoms with E-state index in [0.29, 0.717) is 17.4 Å². The maximum atomic E-state index is 12.7. The fraction of sp³-hybridized carbons (Fsp3) is 0.607. The van der Waals surface area contributed by atoms with Crippen molar-refractivity contribution in [2.24, 2.45) is 5.92 Å². The minimum absolute atomic E-state index is 0.0678. The minimum atomic E-state index is -3.18. The second kappa shape index (κ2) is 10.1. The van der Waals surface area contributed by atoms with E-state index in [-0.39, 0.29) is 23.3 Å². The Bertz CT molecular complexity index is 1240. The van der Waals surface area contributed by atoms with Gasteiger partial charge in [-0.05, 0) is 76.0 Å². The van der Waals surface area contributed by atoms with Gasteiger partial charge in [0.25, 0.3) is 0 Å². The highest BCUT2D eigenvalue weighted by Gasteiger charge is 2.38. The lowest BCUT2D eigenvalue weighted by Gasteiger charge is -2.28. The molecule has 0 radical (unpaired) electrons. The van der Waals surface area contributed by atoms with E-state index >= 15 is 0 Å². The number of allylic oxidation sites excluding steroid dienone is 1. The molecular formula is C28H36N2O5S2. The van der Waals surface area contributed by atoms with Gasteiger partial charge in [-0.15, -0.1) is 11.3 Å². The Kier molecular flexibility index (Phi) is 6.94. The standard InChI is InChI=1S/C28H36N2O5S2/c1-28(2)34-17-25(35-28)26-16-29-27(36-26)24-10-9-23(30-24)22(15-18-11-13-33-14-12-18)19-3-5-20(6-4-19)37(31,32)21-7-8-21/h3-6,9,16,18,21-22,24-25,30H,7-8,10-15,17H2,1-2H3. The summed E-state index contributed by atoms with van der Waals surface area (Å²) >= 11 is 1.69. The molecule has 1 saturated carbocycles. The summed E-state index contributed by atoms with van der Waals surface area (Å²) in [7, 11) is -3.18. The van der Waals surface area contributed by atoms with E-state index in [1.807, 2.05) is 44.3 Å². The Morgan fingerprint density at radius 3 is 2.57 bits per heavy atom. The third-order valence-electron chi connectivity index (χ3n) is 7.94. The molecule has 2 aromatic rings. The molecule has 1 N–H and O–H groups in total. The molecule has 9 heteroatoms. The van der Waals surface area contributed by atoms with Gasteiger partial charge in [0.1, 0.15) is 11.1 Å². The number of rotatable bonds is 8. The van der Waals surface area contributed by atoms with Crippen molar-refractivity contribution in [2.45, 2.75) is 86.4 Å². The maximum absolute atomic E-state index is 12.7. The normalized spacial score (nSPS) is 27.1. The first-order chi connectivity index (χ1) is 17.8. The van der Waals surface area contributed by atoms with E-state index in [0.717, 1.165) is 61.6 Å². The molecule has 1 aromatic carbocycles. The SMILES string of the molecule is CC1(C)OCC(c2cnc(C3CC=C(C(CC4CCOCC4)c4ccc(S(=O)(=O)C5CC5)cc4)N3)s2)O1. The van der Waals surface area contributed by atoms with Crippen molar-refractivity contribution in [2.75, 3.05) is 19.8 Å². The molecular weight excluding hydrogens is 508 g/mol. The lowest BCUT2D eigenvalue weighted by molar-refractivity contribution is -0.138. The average molecular weight is 545 g/mol. The molecule has 3 atom stereocenters. The summed E-state index contributed by atoms with van der Waals surface area (Å²) in [5.41, 5.74) is 2.38. The molecule has 1 aliphatic carbocycles. The fourth-order valence-electron chi connectivity index (χ4n) is 5.63. The molecule has 200 valence electrons. The van der Waals surface area contributed by atoms with Crippen LogP contribution in [0.2, 0.25) is 0 Å². The number of benzene rings is 1. The van der Waals surface area contributed by atoms with Crippen molar-refractivity contribution in [3.05, 3.63) is 57.7 Å². The van der Waals surface area contributed by atoms with Crippen LogP contribution in [0.4, 0.5) is 0 Å². The highest BCUT2D eigenvalue weighted by molar-refractivity contribution is 7.92. The highest BCUT2D eigenvalue weighted by Crippen LogP contribution is 2.42. The number of nitrogens with one attached hydrogen (secondary N) is 1. The summed E-state index contributed by atoms with van der Waals surface area (Å²) in [6, 6.07) is 7.80. The molecule has 6 rings (SSSR count). The molecule has 4 heterocycles. The van der Waals surface area contributed by atoms with E-state index in [1.165, 1.54) is 11.3 Å². The fourth-order valence-corrected chi connectivity index (χ4v) is 8.28. The van der Waals surface area contributed by atoms with Gasteiger partial charge in [0, 0.05) is 31.0 Å². The molecule has 3 aliphatic heterocycles. The number of sulfone groups is 1. The molecule has 3 unspecified atom stereocenters. The predicted molar refractivity (Wildman–Crippen MR) is 142 cm³/mol. The number of aromatic nitrogens is 1. The number of thiazole rings is 1. The van der Waals surface area contributed by atoms with Gasteiger partial charge in [0.05, 0.1) is 27.7 Å². The zero-order valence-corrected chi connectivity index (χ0v) is 23.2. The lowest BCUT2D eigenvalue weighted by Crippen LogP contribution is -2.23. The minimum Gasteiger partial charge on any atom is -0.381 e. The smallest absolute Gasteiger partial charge is 0.181 e. The van der Waals surface area contributed by atoms with Crippen molar-refractivity contribution in [3.63, 3.8) is 0 Å². The van der Waals surface area contributed by atoms with Gasteiger partial charge in [-0.2, -0.15) is 0 Å². The Morgan fingerprint density at radius 2 is 1.89 bits per heavy atom. The van der Waals surface area contributed by atoms with E-state index in [2.05, 4.69) is 11.4 Å². The van der Waals surface area contributed by atoms with Gasteiger partial charge < -0.3 is 19.5 Å². The van der Waals surface area contributed by atoms with Crippen LogP contribution >= 0.6 is 11.3 Å². The van der Waals surface area contributed by atoms with Crippen LogP contribution in [0.25, 0.3) is 0 Å². The topological polar surface area (TPSA) is 86.8 Å². The molecule has 0 amide bonds. The maximum Gasteiger partial charge on any atom is 0.181 e. The number of hydrogen-bond donors (Lipinski definition) is 1. The van der Waals surface area contributed by atoms with Gasteiger partial charge >= 0.3 is 0 Å². The van der Waals surface area contributed by atoms with Crippen molar-refractivity contribution >= 4 is 21.2 Å². The summed E-state index contributed by atoms with van der Waals surface area (Å²) < 4.78 is 42.8. The Balaban J connectivity index is 1.19. The third-order valence-corrected chi connectivity index (χ3v) is 11.4. The highest BCUT2D eigenvalue weighted by atomic mass is 32.2. The quantitative estimate of drug-likeness (QED) is 0.475. The summed E-state index contributed by atoms with van der Waals surface area (Å²) in [6.45, 7) is 6.07. The second-order valence-electron chi connectivity index (χ2n) is 11.2. The summed E-state index contributed by atoms with van der Waals surface area (Å²) in [5.74, 6) is 0.224. The first kappa shape index (κ1) is 25.5. The zero-order valence-electron chi connectivity index (χ0n) is 21.5. The van der Waals surface area contributed by atoms with Crippen LogP contribution in [-0.2, 0) is 24.0 Å². The van der Waals surface area contributed by atoms with Crippen LogP contribution in [-0.4, -0.2) is 44.3 Å². The first-order valence-corrected chi connectivity index (χ1v) is 15.8. The van der Waals surface area contributed by atoms with E-state index in [9.17, 15) is 8.42 Å². The van der Waals surface area contributed by atoms with Crippen LogP contribution in [0.5, 0.6) is 0 Å². The summed E-state index contributed by atoms with van der Waals surface area (Å²) in [4.78, 5) is 6.29. The number of nitrogens with zero attached hydrogens (tertiary/aromatic N) is 1. The van der Waals surface area contributed by atoms with Gasteiger partial charge in [-0.1, -0.05) is 18.2 Å². The van der Waals surface area contributed by atoms with Crippen LogP contribution < -0.4 is 5.32 Å². The van der Waals surface area contributed by atoms with Crippen molar-refractivity contribution in [3.8, 4) is 0 Å². The lowest BCUT2D eigenvalue weighted by atomic mass is 9.83. The number of hydrogen-bond acceptors (Lipinski definition) is 8. The molecule has 2 saturated heterocycles. The van der Waals surface area contributed by atoms with Crippen LogP contribution in [0.3, 0.4) is 0 Å². The molecule has 37 heavy (non-hydrogen) atoms. The van der Waals surface area contributed by atoms with E-state index in [1.54, 1.807) is 11.3 Å². The second-order valence-corrected chi connectivity index (χ2v) is 14.5. The Hall–Kier alpha value is -1.78.